The highest BCUT2D eigenvalue weighted by atomic mass is 35.5. The molecule has 0 bridgehead atoms. The van der Waals surface area contributed by atoms with Crippen LogP contribution in [0.5, 0.6) is 5.75 Å². The Hall–Kier alpha value is -3.63. The third-order valence-corrected chi connectivity index (χ3v) is 5.56. The lowest BCUT2D eigenvalue weighted by atomic mass is 10.2. The van der Waals surface area contributed by atoms with E-state index in [2.05, 4.69) is 4.57 Å². The number of aromatic nitrogens is 2. The number of hydrogen-bond acceptors (Lipinski definition) is 2. The molecule has 0 unspecified atom stereocenters. The molecule has 0 N–H and O–H groups in total. The predicted molar refractivity (Wildman–Crippen MR) is 126 cm³/mol. The van der Waals surface area contributed by atoms with E-state index in [0.717, 1.165) is 33.5 Å². The van der Waals surface area contributed by atoms with Gasteiger partial charge in [-0.1, -0.05) is 66.2 Å². The molecule has 0 fully saturated rings. The van der Waals surface area contributed by atoms with Gasteiger partial charge >= 0.3 is 0 Å². The van der Waals surface area contributed by atoms with Gasteiger partial charge in [-0.15, -0.1) is 0 Å². The van der Waals surface area contributed by atoms with Crippen molar-refractivity contribution >= 4 is 22.6 Å². The molecule has 32 heavy (non-hydrogen) atoms. The summed E-state index contributed by atoms with van der Waals surface area (Å²) in [5.74, 6) is 1.15. The van der Waals surface area contributed by atoms with Gasteiger partial charge in [-0.3, -0.25) is 0 Å². The molecule has 3 nitrogen and oxygen atoms in total. The lowest BCUT2D eigenvalue weighted by Gasteiger charge is -2.11. The van der Waals surface area contributed by atoms with E-state index < -0.39 is 0 Å². The van der Waals surface area contributed by atoms with Crippen molar-refractivity contribution in [3.05, 3.63) is 119 Å². The van der Waals surface area contributed by atoms with Crippen LogP contribution < -0.4 is 4.74 Å². The summed E-state index contributed by atoms with van der Waals surface area (Å²) in [4.78, 5) is 4.84. The van der Waals surface area contributed by atoms with E-state index in [0.29, 0.717) is 24.0 Å². The van der Waals surface area contributed by atoms with Crippen molar-refractivity contribution in [2.24, 2.45) is 0 Å². The van der Waals surface area contributed by atoms with Crippen LogP contribution in [0.2, 0.25) is 5.02 Å². The van der Waals surface area contributed by atoms with Gasteiger partial charge in [0.2, 0.25) is 0 Å². The summed E-state index contributed by atoms with van der Waals surface area (Å²) < 4.78 is 22.0. The predicted octanol–water partition coefficient (Wildman–Crippen LogP) is 7.12. The van der Waals surface area contributed by atoms with Gasteiger partial charge in [0.1, 0.15) is 24.0 Å². The Morgan fingerprint density at radius 3 is 2.41 bits per heavy atom. The van der Waals surface area contributed by atoms with Crippen molar-refractivity contribution < 1.29 is 9.13 Å². The minimum atomic E-state index is -0.292. The molecule has 0 spiro atoms. The van der Waals surface area contributed by atoms with Crippen LogP contribution in [0.15, 0.2) is 97.1 Å². The monoisotopic (exact) mass is 442 g/mol. The summed E-state index contributed by atoms with van der Waals surface area (Å²) in [6, 6.07) is 30.1. The number of hydrogen-bond donors (Lipinski definition) is 0. The van der Waals surface area contributed by atoms with Crippen molar-refractivity contribution in [1.82, 2.24) is 9.55 Å². The first-order valence-corrected chi connectivity index (χ1v) is 10.7. The molecule has 0 aliphatic rings. The number of fused-ring (bicyclic) bond motifs is 1. The fourth-order valence-electron chi connectivity index (χ4n) is 3.72. The zero-order valence-corrected chi connectivity index (χ0v) is 18.0. The van der Waals surface area contributed by atoms with E-state index in [9.17, 15) is 4.39 Å². The molecule has 1 heterocycles. The van der Waals surface area contributed by atoms with Crippen molar-refractivity contribution in [2.75, 3.05) is 0 Å². The molecule has 158 valence electrons. The molecule has 1 aromatic heterocycles. The van der Waals surface area contributed by atoms with Gasteiger partial charge in [-0.05, 0) is 47.5 Å². The SMILES string of the molecule is Fc1cccc(-c2nc3cc(OCc4ccccc4)ccc3n2Cc2ccc(Cl)cc2)c1. The number of imidazole rings is 1. The van der Waals surface area contributed by atoms with E-state index in [-0.39, 0.29) is 5.82 Å². The van der Waals surface area contributed by atoms with Crippen LogP contribution in [0, 0.1) is 5.82 Å². The van der Waals surface area contributed by atoms with Gasteiger partial charge < -0.3 is 9.30 Å². The van der Waals surface area contributed by atoms with Gasteiger partial charge in [0, 0.05) is 23.2 Å². The lowest BCUT2D eigenvalue weighted by molar-refractivity contribution is 0.306. The fraction of sp³-hybridized carbons (Fsp3) is 0.0741. The van der Waals surface area contributed by atoms with Gasteiger partial charge in [0.05, 0.1) is 11.0 Å². The zero-order valence-electron chi connectivity index (χ0n) is 17.2. The maximum absolute atomic E-state index is 14.0. The molecular weight excluding hydrogens is 423 g/mol. The van der Waals surface area contributed by atoms with Crippen molar-refractivity contribution in [1.29, 1.82) is 0 Å². The number of halogens is 2. The average Bonchev–Trinajstić information content (AvgIpc) is 3.17. The van der Waals surface area contributed by atoms with Gasteiger partial charge in [0.15, 0.2) is 0 Å². The molecule has 0 atom stereocenters. The molecule has 0 radical (unpaired) electrons. The van der Waals surface area contributed by atoms with Crippen molar-refractivity contribution in [3.8, 4) is 17.1 Å². The van der Waals surface area contributed by atoms with E-state index >= 15 is 0 Å². The van der Waals surface area contributed by atoms with Crippen LogP contribution in [0.4, 0.5) is 4.39 Å². The first kappa shape index (κ1) is 20.3. The van der Waals surface area contributed by atoms with Crippen LogP contribution in [0.25, 0.3) is 22.4 Å². The summed E-state index contributed by atoms with van der Waals surface area (Å²) in [5, 5.41) is 0.690. The molecule has 0 aliphatic heterocycles. The molecule has 0 saturated heterocycles. The Labute approximate surface area is 190 Å². The highest BCUT2D eigenvalue weighted by Crippen LogP contribution is 2.29. The van der Waals surface area contributed by atoms with E-state index in [1.54, 1.807) is 6.07 Å². The average molecular weight is 443 g/mol. The maximum Gasteiger partial charge on any atom is 0.141 e. The second kappa shape index (κ2) is 8.85. The molecule has 5 heteroatoms. The number of ether oxygens (including phenoxy) is 1. The largest absolute Gasteiger partial charge is 0.489 e. The molecule has 4 aromatic carbocycles. The second-order valence-electron chi connectivity index (χ2n) is 7.58. The second-order valence-corrected chi connectivity index (χ2v) is 8.02. The third kappa shape index (κ3) is 4.36. The van der Waals surface area contributed by atoms with E-state index in [1.807, 2.05) is 78.9 Å². The summed E-state index contributed by atoms with van der Waals surface area (Å²) >= 11 is 6.05. The highest BCUT2D eigenvalue weighted by molar-refractivity contribution is 6.30. The quantitative estimate of drug-likeness (QED) is 0.280. The molecule has 5 rings (SSSR count). The molecule has 5 aromatic rings. The van der Waals surface area contributed by atoms with Crippen LogP contribution in [-0.4, -0.2) is 9.55 Å². The number of nitrogens with zero attached hydrogens (tertiary/aromatic N) is 2. The van der Waals surface area contributed by atoms with Crippen LogP contribution in [-0.2, 0) is 13.2 Å². The minimum absolute atomic E-state index is 0.292. The topological polar surface area (TPSA) is 27.1 Å². The maximum atomic E-state index is 14.0. The Morgan fingerprint density at radius 1 is 0.812 bits per heavy atom. The third-order valence-electron chi connectivity index (χ3n) is 5.30. The summed E-state index contributed by atoms with van der Waals surface area (Å²) in [5.41, 5.74) is 4.65. The summed E-state index contributed by atoms with van der Waals surface area (Å²) in [6.07, 6.45) is 0. The molecular formula is C27H20ClFN2O. The smallest absolute Gasteiger partial charge is 0.141 e. The van der Waals surface area contributed by atoms with Crippen molar-refractivity contribution in [3.63, 3.8) is 0 Å². The summed E-state index contributed by atoms with van der Waals surface area (Å²) in [6.45, 7) is 1.07. The van der Waals surface area contributed by atoms with Gasteiger partial charge in [0.25, 0.3) is 0 Å². The zero-order chi connectivity index (χ0) is 21.9. The van der Waals surface area contributed by atoms with Crippen LogP contribution >= 0.6 is 11.6 Å². The molecule has 0 aliphatic carbocycles. The van der Waals surface area contributed by atoms with Crippen LogP contribution in [0.3, 0.4) is 0 Å². The Kier molecular flexibility index (Phi) is 5.61. The van der Waals surface area contributed by atoms with E-state index in [1.165, 1.54) is 12.1 Å². The fourth-order valence-corrected chi connectivity index (χ4v) is 3.85. The molecule has 0 amide bonds. The lowest BCUT2D eigenvalue weighted by Crippen LogP contribution is -2.02. The Bertz CT molecular complexity index is 1360. The number of rotatable bonds is 6. The van der Waals surface area contributed by atoms with Gasteiger partial charge in [-0.25, -0.2) is 9.37 Å². The van der Waals surface area contributed by atoms with Crippen molar-refractivity contribution in [2.45, 2.75) is 13.2 Å². The standard InChI is InChI=1S/C27H20ClFN2O/c28-22-11-9-19(10-12-22)17-31-26-14-13-24(32-18-20-5-2-1-3-6-20)16-25(26)30-27(31)21-7-4-8-23(29)15-21/h1-16H,17-18H2. The van der Waals surface area contributed by atoms with E-state index in [4.69, 9.17) is 21.3 Å². The first-order chi connectivity index (χ1) is 15.7. The summed E-state index contributed by atoms with van der Waals surface area (Å²) in [7, 11) is 0. The van der Waals surface area contributed by atoms with Crippen LogP contribution in [0.1, 0.15) is 11.1 Å². The molecule has 0 saturated carbocycles. The van der Waals surface area contributed by atoms with Gasteiger partial charge in [-0.2, -0.15) is 0 Å². The minimum Gasteiger partial charge on any atom is -0.489 e. The normalized spacial score (nSPS) is 11.1. The number of benzene rings is 4. The highest BCUT2D eigenvalue weighted by Gasteiger charge is 2.15. The Balaban J connectivity index is 1.54. The Morgan fingerprint density at radius 2 is 1.62 bits per heavy atom. The first-order valence-electron chi connectivity index (χ1n) is 10.3.